The summed E-state index contributed by atoms with van der Waals surface area (Å²) < 4.78 is 52.1. The van der Waals surface area contributed by atoms with Crippen LogP contribution in [0, 0.1) is 0 Å². The fourth-order valence-corrected chi connectivity index (χ4v) is 6.30. The number of carbonyl (C=O) groups excluding carboxylic acids is 1. The number of nitrogens with two attached hydrogens (primary N) is 1. The molecule has 0 saturated carbocycles. The second-order valence-corrected chi connectivity index (χ2v) is 12.2. The molecule has 0 radical (unpaired) electrons. The fraction of sp³-hybridized carbons (Fsp3) is 0.261. The predicted octanol–water partition coefficient (Wildman–Crippen LogP) is 2.54. The van der Waals surface area contributed by atoms with Crippen LogP contribution < -0.4 is 10.5 Å². The van der Waals surface area contributed by atoms with Crippen molar-refractivity contribution in [3.8, 4) is 11.4 Å². The standard InChI is InChI=1S/C23H28N6O5S3/c1-4-13-29-22(17-9-7-12-20(14-17)37(33,34)28(5-2)6-3)26-27-23(29)35-16-21(30)25-18-10-8-11-19(15-18)36(24,31)32/h4,7-12,14-15H,1,5-6,13,16H2,2-3H3,(H,25,30)(H2,24,31,32). The lowest BCUT2D eigenvalue weighted by molar-refractivity contribution is -0.113. The van der Waals surface area contributed by atoms with Crippen LogP contribution in [-0.4, -0.2) is 60.7 Å². The van der Waals surface area contributed by atoms with Crippen molar-refractivity contribution in [1.29, 1.82) is 0 Å². The molecule has 0 fully saturated rings. The molecule has 3 rings (SSSR count). The van der Waals surface area contributed by atoms with Crippen molar-refractivity contribution in [3.63, 3.8) is 0 Å². The first kappa shape index (κ1) is 28.5. The Morgan fingerprint density at radius 1 is 1.08 bits per heavy atom. The van der Waals surface area contributed by atoms with Gasteiger partial charge in [-0.15, -0.1) is 16.8 Å². The molecule has 1 amide bonds. The zero-order chi connectivity index (χ0) is 27.2. The van der Waals surface area contributed by atoms with E-state index in [1.165, 1.54) is 28.6 Å². The Labute approximate surface area is 220 Å². The summed E-state index contributed by atoms with van der Waals surface area (Å²) in [5.41, 5.74) is 0.843. The Kier molecular flexibility index (Phi) is 9.26. The summed E-state index contributed by atoms with van der Waals surface area (Å²) in [6.45, 7) is 8.36. The highest BCUT2D eigenvalue weighted by molar-refractivity contribution is 7.99. The number of aromatic nitrogens is 3. The van der Waals surface area contributed by atoms with Gasteiger partial charge >= 0.3 is 0 Å². The van der Waals surface area contributed by atoms with Crippen molar-refractivity contribution in [2.45, 2.75) is 35.3 Å². The summed E-state index contributed by atoms with van der Waals surface area (Å²) in [6.07, 6.45) is 1.65. The summed E-state index contributed by atoms with van der Waals surface area (Å²) in [7, 11) is -7.56. The van der Waals surface area contributed by atoms with E-state index in [2.05, 4.69) is 22.1 Å². The number of hydrogen-bond acceptors (Lipinski definition) is 8. The Morgan fingerprint density at radius 2 is 1.76 bits per heavy atom. The van der Waals surface area contributed by atoms with E-state index in [0.29, 0.717) is 36.2 Å². The summed E-state index contributed by atoms with van der Waals surface area (Å²) in [4.78, 5) is 12.5. The molecule has 0 atom stereocenters. The van der Waals surface area contributed by atoms with Crippen molar-refractivity contribution in [3.05, 3.63) is 61.2 Å². The average Bonchev–Trinajstić information content (AvgIpc) is 3.26. The lowest BCUT2D eigenvalue weighted by Crippen LogP contribution is -2.30. The molecule has 0 bridgehead atoms. The maximum Gasteiger partial charge on any atom is 0.243 e. The van der Waals surface area contributed by atoms with Gasteiger partial charge in [0, 0.05) is 30.9 Å². The average molecular weight is 565 g/mol. The number of sulfonamides is 2. The molecule has 2 aromatic carbocycles. The Balaban J connectivity index is 1.81. The number of benzene rings is 2. The number of nitrogens with zero attached hydrogens (tertiary/aromatic N) is 4. The lowest BCUT2D eigenvalue weighted by atomic mass is 10.2. The van der Waals surface area contributed by atoms with Crippen LogP contribution >= 0.6 is 11.8 Å². The van der Waals surface area contributed by atoms with Crippen LogP contribution in [-0.2, 0) is 31.4 Å². The minimum absolute atomic E-state index is 0.0365. The molecule has 0 unspecified atom stereocenters. The normalized spacial score (nSPS) is 12.0. The number of thioether (sulfide) groups is 1. The van der Waals surface area contributed by atoms with Crippen LogP contribution in [0.3, 0.4) is 0 Å². The van der Waals surface area contributed by atoms with Gasteiger partial charge in [-0.2, -0.15) is 4.31 Å². The van der Waals surface area contributed by atoms with E-state index in [0.717, 1.165) is 11.8 Å². The van der Waals surface area contributed by atoms with Gasteiger partial charge in [0.1, 0.15) is 0 Å². The zero-order valence-corrected chi connectivity index (χ0v) is 22.8. The number of rotatable bonds is 12. The molecule has 3 N–H and O–H groups in total. The van der Waals surface area contributed by atoms with Crippen molar-refractivity contribution < 1.29 is 21.6 Å². The number of allylic oxidation sites excluding steroid dienone is 1. The van der Waals surface area contributed by atoms with E-state index in [-0.39, 0.29) is 21.2 Å². The van der Waals surface area contributed by atoms with Gasteiger partial charge in [0.2, 0.25) is 26.0 Å². The highest BCUT2D eigenvalue weighted by atomic mass is 32.2. The van der Waals surface area contributed by atoms with E-state index in [4.69, 9.17) is 5.14 Å². The molecule has 0 aliphatic heterocycles. The van der Waals surface area contributed by atoms with Crippen molar-refractivity contribution in [1.82, 2.24) is 19.1 Å². The summed E-state index contributed by atoms with van der Waals surface area (Å²) in [5, 5.41) is 16.6. The number of anilines is 1. The largest absolute Gasteiger partial charge is 0.325 e. The summed E-state index contributed by atoms with van der Waals surface area (Å²) in [5.74, 6) is 0.00415. The van der Waals surface area contributed by atoms with Gasteiger partial charge in [-0.05, 0) is 30.3 Å². The number of hydrogen-bond donors (Lipinski definition) is 2. The molecule has 1 aromatic heterocycles. The highest BCUT2D eigenvalue weighted by Crippen LogP contribution is 2.27. The number of primary sulfonamides is 1. The predicted molar refractivity (Wildman–Crippen MR) is 143 cm³/mol. The second-order valence-electron chi connectivity index (χ2n) is 7.73. The smallest absolute Gasteiger partial charge is 0.243 e. The van der Waals surface area contributed by atoms with Gasteiger partial charge in [0.15, 0.2) is 11.0 Å². The molecule has 37 heavy (non-hydrogen) atoms. The van der Waals surface area contributed by atoms with Gasteiger partial charge in [-0.3, -0.25) is 9.36 Å². The zero-order valence-electron chi connectivity index (χ0n) is 20.4. The van der Waals surface area contributed by atoms with E-state index in [1.807, 2.05) is 0 Å². The Hall–Kier alpha value is -3.04. The van der Waals surface area contributed by atoms with Gasteiger partial charge in [-0.1, -0.05) is 49.9 Å². The molecule has 14 heteroatoms. The lowest BCUT2D eigenvalue weighted by Gasteiger charge is -2.18. The molecule has 1 heterocycles. The van der Waals surface area contributed by atoms with Crippen molar-refractivity contribution in [2.24, 2.45) is 5.14 Å². The monoisotopic (exact) mass is 564 g/mol. The van der Waals surface area contributed by atoms with Gasteiger partial charge in [0.05, 0.1) is 15.5 Å². The fourth-order valence-electron chi connectivity index (χ4n) is 3.49. The molecule has 0 aliphatic carbocycles. The molecule has 0 aliphatic rings. The van der Waals surface area contributed by atoms with Gasteiger partial charge in [-0.25, -0.2) is 22.0 Å². The van der Waals surface area contributed by atoms with Crippen molar-refractivity contribution in [2.75, 3.05) is 24.2 Å². The molecule has 198 valence electrons. The van der Waals surface area contributed by atoms with Crippen LogP contribution in [0.15, 0.2) is 76.1 Å². The topological polar surface area (TPSA) is 157 Å². The van der Waals surface area contributed by atoms with Crippen LogP contribution in [0.4, 0.5) is 5.69 Å². The van der Waals surface area contributed by atoms with Crippen LogP contribution in [0.1, 0.15) is 13.8 Å². The summed E-state index contributed by atoms with van der Waals surface area (Å²) in [6, 6.07) is 12.1. The van der Waals surface area contributed by atoms with E-state index in [1.54, 1.807) is 48.8 Å². The maximum atomic E-state index is 13.0. The first-order chi connectivity index (χ1) is 17.5. The Morgan fingerprint density at radius 3 is 2.41 bits per heavy atom. The summed E-state index contributed by atoms with van der Waals surface area (Å²) >= 11 is 1.12. The minimum Gasteiger partial charge on any atom is -0.325 e. The van der Waals surface area contributed by atoms with Gasteiger partial charge in [0.25, 0.3) is 0 Å². The third-order valence-electron chi connectivity index (χ3n) is 5.24. The second kappa shape index (κ2) is 12.0. The Bertz CT molecular complexity index is 1500. The third kappa shape index (κ3) is 6.84. The molecular formula is C23H28N6O5S3. The van der Waals surface area contributed by atoms with Gasteiger partial charge < -0.3 is 5.32 Å². The highest BCUT2D eigenvalue weighted by Gasteiger charge is 2.23. The molecule has 11 nitrogen and oxygen atoms in total. The number of carbonyl (C=O) groups is 1. The van der Waals surface area contributed by atoms with Crippen LogP contribution in [0.25, 0.3) is 11.4 Å². The number of nitrogens with one attached hydrogen (secondary N) is 1. The SMILES string of the molecule is C=CCn1c(SCC(=O)Nc2cccc(S(N)(=O)=O)c2)nnc1-c1cccc(S(=O)(=O)N(CC)CC)c1. The molecule has 3 aromatic rings. The quantitative estimate of drug-likeness (QED) is 0.251. The van der Waals surface area contributed by atoms with Crippen LogP contribution in [0.5, 0.6) is 0 Å². The van der Waals surface area contributed by atoms with E-state index in [9.17, 15) is 21.6 Å². The molecule has 0 saturated heterocycles. The molecule has 0 spiro atoms. The third-order valence-corrected chi connectivity index (χ3v) is 9.17. The first-order valence-electron chi connectivity index (χ1n) is 11.2. The van der Waals surface area contributed by atoms with E-state index >= 15 is 0 Å². The minimum atomic E-state index is -3.90. The molecular weight excluding hydrogens is 536 g/mol. The maximum absolute atomic E-state index is 13.0. The van der Waals surface area contributed by atoms with Crippen LogP contribution in [0.2, 0.25) is 0 Å². The van der Waals surface area contributed by atoms with Crippen molar-refractivity contribution >= 4 is 43.4 Å². The van der Waals surface area contributed by atoms with E-state index < -0.39 is 26.0 Å². The number of amides is 1. The first-order valence-corrected chi connectivity index (χ1v) is 15.2.